The first kappa shape index (κ1) is 17.6. The highest BCUT2D eigenvalue weighted by molar-refractivity contribution is 5.83. The molecule has 6 nitrogen and oxygen atoms in total. The van der Waals surface area contributed by atoms with Crippen molar-refractivity contribution in [3.63, 3.8) is 0 Å². The summed E-state index contributed by atoms with van der Waals surface area (Å²) in [5.41, 5.74) is 0. The second kappa shape index (κ2) is 8.70. The van der Waals surface area contributed by atoms with Gasteiger partial charge in [-0.1, -0.05) is 0 Å². The van der Waals surface area contributed by atoms with Crippen molar-refractivity contribution in [1.29, 1.82) is 0 Å². The average Bonchev–Trinajstić information content (AvgIpc) is 2.28. The lowest BCUT2D eigenvalue weighted by molar-refractivity contribution is -0.174. The number of carbonyl (C=O) groups excluding carboxylic acids is 1. The number of carbonyl (C=O) groups is 2. The quantitative estimate of drug-likeness (QED) is 0.605. The largest absolute Gasteiger partial charge is 0.480 e. The summed E-state index contributed by atoms with van der Waals surface area (Å²) in [7, 11) is 1.38. The Kier molecular flexibility index (Phi) is 8.08. The van der Waals surface area contributed by atoms with Crippen LogP contribution in [0.4, 0.5) is 13.2 Å². The summed E-state index contributed by atoms with van der Waals surface area (Å²) in [5, 5.41) is 10.9. The van der Waals surface area contributed by atoms with E-state index in [4.69, 9.17) is 5.11 Å². The number of hydrogen-bond acceptors (Lipinski definition) is 4. The van der Waals surface area contributed by atoms with Crippen molar-refractivity contribution in [3.8, 4) is 0 Å². The minimum absolute atomic E-state index is 0.0704. The molecule has 0 heterocycles. The number of alkyl halides is 3. The Morgan fingerprint density at radius 3 is 2.42 bits per heavy atom. The molecule has 1 atom stereocenters. The lowest BCUT2D eigenvalue weighted by atomic mass is 10.2. The fourth-order valence-electron chi connectivity index (χ4n) is 1.11. The zero-order chi connectivity index (χ0) is 14.9. The minimum Gasteiger partial charge on any atom is -0.480 e. The Morgan fingerprint density at radius 1 is 1.32 bits per heavy atom. The number of ether oxygens (including phenoxy) is 2. The molecule has 9 heteroatoms. The first-order valence-corrected chi connectivity index (χ1v) is 5.42. The number of carboxylic acids is 1. The normalized spacial score (nSPS) is 13.1. The van der Waals surface area contributed by atoms with Gasteiger partial charge in [0.25, 0.3) is 0 Å². The summed E-state index contributed by atoms with van der Waals surface area (Å²) < 4.78 is 44.1. The molecule has 19 heavy (non-hydrogen) atoms. The van der Waals surface area contributed by atoms with Crippen LogP contribution in [0.15, 0.2) is 0 Å². The summed E-state index contributed by atoms with van der Waals surface area (Å²) in [4.78, 5) is 22.0. The van der Waals surface area contributed by atoms with E-state index in [0.717, 1.165) is 0 Å². The zero-order valence-electron chi connectivity index (χ0n) is 10.3. The van der Waals surface area contributed by atoms with Gasteiger partial charge in [0.15, 0.2) is 0 Å². The molecule has 0 aliphatic carbocycles. The second-order valence-electron chi connectivity index (χ2n) is 3.66. The third-order valence-corrected chi connectivity index (χ3v) is 1.98. The smallest absolute Gasteiger partial charge is 0.411 e. The lowest BCUT2D eigenvalue weighted by Gasteiger charge is -2.14. The molecular formula is C10H16F3NO5. The van der Waals surface area contributed by atoms with Crippen LogP contribution < -0.4 is 5.32 Å². The molecule has 0 aromatic heterocycles. The van der Waals surface area contributed by atoms with Crippen molar-refractivity contribution in [3.05, 3.63) is 0 Å². The number of carboxylic acid groups (broad SMARTS) is 1. The molecule has 0 aliphatic heterocycles. The average molecular weight is 287 g/mol. The molecule has 2 N–H and O–H groups in total. The summed E-state index contributed by atoms with van der Waals surface area (Å²) in [6.07, 6.45) is -4.72. The number of nitrogens with one attached hydrogen (secondary N) is 1. The van der Waals surface area contributed by atoms with Crippen LogP contribution in [0.25, 0.3) is 0 Å². The van der Waals surface area contributed by atoms with Crippen LogP contribution in [0.3, 0.4) is 0 Å². The first-order valence-electron chi connectivity index (χ1n) is 5.42. The molecule has 0 rings (SSSR count). The molecule has 0 aliphatic rings. The van der Waals surface area contributed by atoms with Gasteiger partial charge in [0.2, 0.25) is 5.91 Å². The molecule has 1 amide bonds. The fourth-order valence-corrected chi connectivity index (χ4v) is 1.11. The van der Waals surface area contributed by atoms with Gasteiger partial charge in [0, 0.05) is 26.6 Å². The summed E-state index contributed by atoms with van der Waals surface area (Å²) in [5.74, 6) is -1.92. The van der Waals surface area contributed by atoms with Crippen LogP contribution >= 0.6 is 0 Å². The Balaban J connectivity index is 3.90. The van der Waals surface area contributed by atoms with Crippen LogP contribution in [-0.2, 0) is 19.1 Å². The standard InChI is InChI=1S/C10H16F3NO5/c1-18-4-2-7(9(16)17)14-8(15)3-5-19-6-10(11,12)13/h7H,2-6H2,1H3,(H,14,15)(H,16,17). The highest BCUT2D eigenvalue weighted by atomic mass is 19.4. The van der Waals surface area contributed by atoms with Gasteiger partial charge >= 0.3 is 12.1 Å². The maximum absolute atomic E-state index is 11.7. The Hall–Kier alpha value is -1.35. The summed E-state index contributed by atoms with van der Waals surface area (Å²) in [6.45, 7) is -1.73. The monoisotopic (exact) mass is 287 g/mol. The number of aliphatic carboxylic acids is 1. The van der Waals surface area contributed by atoms with Gasteiger partial charge in [-0.25, -0.2) is 4.79 Å². The van der Waals surface area contributed by atoms with E-state index in [2.05, 4.69) is 14.8 Å². The van der Waals surface area contributed by atoms with Gasteiger partial charge in [0.1, 0.15) is 12.6 Å². The predicted octanol–water partition coefficient (Wildman–Crippen LogP) is 0.561. The highest BCUT2D eigenvalue weighted by Gasteiger charge is 2.27. The van der Waals surface area contributed by atoms with E-state index in [0.29, 0.717) is 0 Å². The van der Waals surface area contributed by atoms with Gasteiger partial charge in [0.05, 0.1) is 6.61 Å². The van der Waals surface area contributed by atoms with Crippen LogP contribution in [0.2, 0.25) is 0 Å². The van der Waals surface area contributed by atoms with E-state index >= 15 is 0 Å². The van der Waals surface area contributed by atoms with Gasteiger partial charge in [-0.15, -0.1) is 0 Å². The maximum atomic E-state index is 11.7. The van der Waals surface area contributed by atoms with Gasteiger partial charge in [-0.3, -0.25) is 4.79 Å². The molecule has 0 radical (unpaired) electrons. The molecule has 0 bridgehead atoms. The van der Waals surface area contributed by atoms with E-state index in [1.807, 2.05) is 0 Å². The van der Waals surface area contributed by atoms with Crippen LogP contribution in [0, 0.1) is 0 Å². The third-order valence-electron chi connectivity index (χ3n) is 1.98. The summed E-state index contributed by atoms with van der Waals surface area (Å²) >= 11 is 0. The molecule has 1 unspecified atom stereocenters. The summed E-state index contributed by atoms with van der Waals surface area (Å²) in [6, 6.07) is -1.13. The highest BCUT2D eigenvalue weighted by Crippen LogP contribution is 2.14. The van der Waals surface area contributed by atoms with Crippen LogP contribution in [0.1, 0.15) is 12.8 Å². The van der Waals surface area contributed by atoms with E-state index in [9.17, 15) is 22.8 Å². The zero-order valence-corrected chi connectivity index (χ0v) is 10.3. The van der Waals surface area contributed by atoms with E-state index in [-0.39, 0.29) is 19.4 Å². The second-order valence-corrected chi connectivity index (χ2v) is 3.66. The maximum Gasteiger partial charge on any atom is 0.411 e. The van der Waals surface area contributed by atoms with E-state index < -0.39 is 37.3 Å². The van der Waals surface area contributed by atoms with Crippen molar-refractivity contribution in [2.45, 2.75) is 25.1 Å². The first-order chi connectivity index (χ1) is 8.76. The van der Waals surface area contributed by atoms with Crippen LogP contribution in [-0.4, -0.2) is 56.1 Å². The van der Waals surface area contributed by atoms with Crippen molar-refractivity contribution in [1.82, 2.24) is 5.32 Å². The minimum atomic E-state index is -4.45. The third kappa shape index (κ3) is 10.3. The van der Waals surface area contributed by atoms with Crippen LogP contribution in [0.5, 0.6) is 0 Å². The van der Waals surface area contributed by atoms with Gasteiger partial charge in [-0.05, 0) is 0 Å². The predicted molar refractivity (Wildman–Crippen MR) is 57.6 cm³/mol. The van der Waals surface area contributed by atoms with E-state index in [1.165, 1.54) is 7.11 Å². The lowest BCUT2D eigenvalue weighted by Crippen LogP contribution is -2.41. The Bertz CT molecular complexity index is 295. The van der Waals surface area contributed by atoms with Crippen molar-refractivity contribution < 1.29 is 37.3 Å². The topological polar surface area (TPSA) is 84.9 Å². The Labute approximate surface area is 107 Å². The Morgan fingerprint density at radius 2 is 1.95 bits per heavy atom. The van der Waals surface area contributed by atoms with Crippen molar-refractivity contribution in [2.24, 2.45) is 0 Å². The molecule has 0 aromatic rings. The molecular weight excluding hydrogens is 271 g/mol. The van der Waals surface area contributed by atoms with E-state index in [1.54, 1.807) is 0 Å². The fraction of sp³-hybridized carbons (Fsp3) is 0.800. The van der Waals surface area contributed by atoms with Crippen molar-refractivity contribution in [2.75, 3.05) is 26.9 Å². The van der Waals surface area contributed by atoms with Crippen molar-refractivity contribution >= 4 is 11.9 Å². The number of methoxy groups -OCH3 is 1. The molecule has 0 saturated carbocycles. The number of halogens is 3. The molecule has 0 spiro atoms. The van der Waals surface area contributed by atoms with Gasteiger partial charge < -0.3 is 19.9 Å². The molecule has 0 fully saturated rings. The van der Waals surface area contributed by atoms with Gasteiger partial charge in [-0.2, -0.15) is 13.2 Å². The molecule has 0 saturated heterocycles. The molecule has 0 aromatic carbocycles. The number of rotatable bonds is 9. The molecule has 112 valence electrons. The number of amides is 1. The number of hydrogen-bond donors (Lipinski definition) is 2. The SMILES string of the molecule is COCCC(NC(=O)CCOCC(F)(F)F)C(=O)O.